The molecule has 1 aromatic rings. The van der Waals surface area contributed by atoms with Gasteiger partial charge < -0.3 is 5.73 Å². The Morgan fingerprint density at radius 2 is 1.95 bits per heavy atom. The molecule has 0 heterocycles. The Morgan fingerprint density at radius 3 is 2.43 bits per heavy atom. The minimum Gasteiger partial charge on any atom is -0.326 e. The molecule has 4 nitrogen and oxygen atoms in total. The number of hydrogen-bond donors (Lipinski definition) is 2. The Balaban J connectivity index is 2.97. The highest BCUT2D eigenvalue weighted by Crippen LogP contribution is 2.30. The fourth-order valence-corrected chi connectivity index (χ4v) is 4.30. The Bertz CT molecular complexity index is 564. The topological polar surface area (TPSA) is 72.2 Å². The molecule has 0 spiro atoms. The first-order chi connectivity index (χ1) is 9.84. The fraction of sp³-hybridized carbons (Fsp3) is 0.571. The molecule has 0 saturated carbocycles. The van der Waals surface area contributed by atoms with Gasteiger partial charge >= 0.3 is 0 Å². The zero-order valence-electron chi connectivity index (χ0n) is 12.6. The molecular weight excluding hydrogens is 328 g/mol. The van der Waals surface area contributed by atoms with E-state index < -0.39 is 10.0 Å². The molecule has 21 heavy (non-hydrogen) atoms. The molecule has 0 unspecified atom stereocenters. The van der Waals surface area contributed by atoms with Crippen LogP contribution in [0.5, 0.6) is 0 Å². The van der Waals surface area contributed by atoms with Gasteiger partial charge in [-0.05, 0) is 42.9 Å². The summed E-state index contributed by atoms with van der Waals surface area (Å²) in [6.45, 7) is 4.76. The predicted octanol–water partition coefficient (Wildman–Crippen LogP) is 3.00. The molecule has 0 fully saturated rings. The lowest BCUT2D eigenvalue weighted by Crippen LogP contribution is -2.39. The van der Waals surface area contributed by atoms with Gasteiger partial charge in [-0.3, -0.25) is 0 Å². The molecule has 0 bridgehead atoms. The van der Waals surface area contributed by atoms with Crippen molar-refractivity contribution >= 4 is 33.4 Å². The maximum absolute atomic E-state index is 12.4. The molecule has 0 radical (unpaired) electrons. The first-order valence-electron chi connectivity index (χ1n) is 6.87. The third kappa shape index (κ3) is 4.60. The van der Waals surface area contributed by atoms with Gasteiger partial charge in [0.25, 0.3) is 0 Å². The third-order valence-corrected chi connectivity index (χ3v) is 7.21. The number of thioether (sulfide) groups is 1. The minimum atomic E-state index is -3.55. The van der Waals surface area contributed by atoms with Gasteiger partial charge in [0, 0.05) is 22.9 Å². The molecular formula is C14H23ClN2O2S2. The van der Waals surface area contributed by atoms with Gasteiger partial charge in [-0.2, -0.15) is 11.8 Å². The Kier molecular flexibility index (Phi) is 7.00. The Labute approximate surface area is 136 Å². The average molecular weight is 351 g/mol. The highest BCUT2D eigenvalue weighted by atomic mass is 35.5. The number of nitrogens with two attached hydrogens (primary N) is 1. The molecule has 0 amide bonds. The van der Waals surface area contributed by atoms with Gasteiger partial charge in [-0.1, -0.05) is 25.4 Å². The molecule has 0 atom stereocenters. The maximum atomic E-state index is 12.4. The molecule has 0 aliphatic heterocycles. The van der Waals surface area contributed by atoms with E-state index >= 15 is 0 Å². The van der Waals surface area contributed by atoms with Crippen molar-refractivity contribution < 1.29 is 8.42 Å². The number of sulfonamides is 1. The standard InChI is InChI=1S/C14H23ClN2O2S2/c1-4-14(5-2,20-3)10-17-21(18,19)12-6-7-13(15)11(8-12)9-16/h6-8,17H,4-5,9-10,16H2,1-3H3. The maximum Gasteiger partial charge on any atom is 0.240 e. The zero-order chi connectivity index (χ0) is 16.1. The van der Waals surface area contributed by atoms with E-state index in [0.717, 1.165) is 12.8 Å². The zero-order valence-corrected chi connectivity index (χ0v) is 15.0. The van der Waals surface area contributed by atoms with E-state index in [4.69, 9.17) is 17.3 Å². The number of halogens is 1. The summed E-state index contributed by atoms with van der Waals surface area (Å²) in [4.78, 5) is 0.203. The van der Waals surface area contributed by atoms with Crippen LogP contribution >= 0.6 is 23.4 Å². The van der Waals surface area contributed by atoms with Crippen LogP contribution < -0.4 is 10.5 Å². The second-order valence-electron chi connectivity index (χ2n) is 4.88. The SMILES string of the molecule is CCC(CC)(CNS(=O)(=O)c1ccc(Cl)c(CN)c1)SC. The van der Waals surface area contributed by atoms with Crippen LogP contribution in [-0.2, 0) is 16.6 Å². The summed E-state index contributed by atoms with van der Waals surface area (Å²) >= 11 is 7.66. The molecule has 3 N–H and O–H groups in total. The third-order valence-electron chi connectivity index (χ3n) is 3.85. The quantitative estimate of drug-likeness (QED) is 0.756. The molecule has 0 aliphatic carbocycles. The summed E-state index contributed by atoms with van der Waals surface area (Å²) in [5.74, 6) is 0. The van der Waals surface area contributed by atoms with Crippen LogP contribution in [0, 0.1) is 0 Å². The summed E-state index contributed by atoms with van der Waals surface area (Å²) < 4.78 is 27.4. The summed E-state index contributed by atoms with van der Waals surface area (Å²) in [5.41, 5.74) is 6.19. The van der Waals surface area contributed by atoms with Crippen LogP contribution in [0.2, 0.25) is 5.02 Å². The lowest BCUT2D eigenvalue weighted by molar-refractivity contribution is 0.522. The lowest BCUT2D eigenvalue weighted by atomic mass is 10.0. The fourth-order valence-electron chi connectivity index (χ4n) is 2.05. The normalized spacial score (nSPS) is 12.6. The van der Waals surface area contributed by atoms with Gasteiger partial charge in [0.15, 0.2) is 0 Å². The summed E-state index contributed by atoms with van der Waals surface area (Å²) in [7, 11) is -3.55. The largest absolute Gasteiger partial charge is 0.326 e. The summed E-state index contributed by atoms with van der Waals surface area (Å²) in [6, 6.07) is 4.60. The van der Waals surface area contributed by atoms with E-state index in [9.17, 15) is 8.42 Å². The molecule has 1 rings (SSSR count). The van der Waals surface area contributed by atoms with Crippen LogP contribution in [0.1, 0.15) is 32.3 Å². The molecule has 0 aliphatic rings. The van der Waals surface area contributed by atoms with Crippen LogP contribution in [0.25, 0.3) is 0 Å². The van der Waals surface area contributed by atoms with Crippen LogP contribution in [-0.4, -0.2) is 26.0 Å². The number of hydrogen-bond acceptors (Lipinski definition) is 4. The van der Waals surface area contributed by atoms with Crippen molar-refractivity contribution in [3.63, 3.8) is 0 Å². The predicted molar refractivity (Wildman–Crippen MR) is 91.4 cm³/mol. The van der Waals surface area contributed by atoms with Crippen LogP contribution in [0.15, 0.2) is 23.1 Å². The van der Waals surface area contributed by atoms with Gasteiger partial charge in [0.05, 0.1) is 4.90 Å². The molecule has 120 valence electrons. The highest BCUT2D eigenvalue weighted by Gasteiger charge is 2.27. The van der Waals surface area contributed by atoms with E-state index in [1.165, 1.54) is 12.1 Å². The Hall–Kier alpha value is -0.270. The Morgan fingerprint density at radius 1 is 1.33 bits per heavy atom. The summed E-state index contributed by atoms with van der Waals surface area (Å²) in [6.07, 6.45) is 3.82. The smallest absolute Gasteiger partial charge is 0.240 e. The van der Waals surface area contributed by atoms with Gasteiger partial charge in [0.2, 0.25) is 10.0 Å². The van der Waals surface area contributed by atoms with Gasteiger partial charge in [0.1, 0.15) is 0 Å². The minimum absolute atomic E-state index is 0.0732. The van der Waals surface area contributed by atoms with Crippen molar-refractivity contribution in [3.8, 4) is 0 Å². The van der Waals surface area contributed by atoms with Crippen LogP contribution in [0.3, 0.4) is 0 Å². The monoisotopic (exact) mass is 350 g/mol. The van der Waals surface area contributed by atoms with Gasteiger partial charge in [-0.25, -0.2) is 13.1 Å². The highest BCUT2D eigenvalue weighted by molar-refractivity contribution is 8.00. The van der Waals surface area contributed by atoms with E-state index in [2.05, 4.69) is 18.6 Å². The van der Waals surface area contributed by atoms with Crippen molar-refractivity contribution in [2.75, 3.05) is 12.8 Å². The molecule has 1 aromatic carbocycles. The second-order valence-corrected chi connectivity index (χ2v) is 8.32. The number of rotatable bonds is 8. The van der Waals surface area contributed by atoms with Crippen molar-refractivity contribution in [3.05, 3.63) is 28.8 Å². The van der Waals surface area contributed by atoms with E-state index in [1.807, 2.05) is 6.26 Å². The first-order valence-corrected chi connectivity index (χ1v) is 9.96. The first kappa shape index (κ1) is 18.8. The van der Waals surface area contributed by atoms with Crippen LogP contribution in [0.4, 0.5) is 0 Å². The average Bonchev–Trinajstić information content (AvgIpc) is 2.49. The van der Waals surface area contributed by atoms with Crippen molar-refractivity contribution in [2.24, 2.45) is 5.73 Å². The van der Waals surface area contributed by atoms with E-state index in [1.54, 1.807) is 17.8 Å². The second kappa shape index (κ2) is 7.83. The molecule has 0 saturated heterocycles. The lowest BCUT2D eigenvalue weighted by Gasteiger charge is -2.29. The van der Waals surface area contributed by atoms with Crippen molar-refractivity contribution in [2.45, 2.75) is 42.9 Å². The van der Waals surface area contributed by atoms with E-state index in [-0.39, 0.29) is 16.2 Å². The van der Waals surface area contributed by atoms with Crippen molar-refractivity contribution in [1.82, 2.24) is 4.72 Å². The van der Waals surface area contributed by atoms with E-state index in [0.29, 0.717) is 17.1 Å². The number of benzene rings is 1. The van der Waals surface area contributed by atoms with Gasteiger partial charge in [-0.15, -0.1) is 0 Å². The molecule has 0 aromatic heterocycles. The number of nitrogens with one attached hydrogen (secondary N) is 1. The molecule has 7 heteroatoms. The summed E-state index contributed by atoms with van der Waals surface area (Å²) in [5, 5.41) is 0.483. The van der Waals surface area contributed by atoms with Crippen molar-refractivity contribution in [1.29, 1.82) is 0 Å².